The van der Waals surface area contributed by atoms with E-state index in [9.17, 15) is 4.79 Å². The first kappa shape index (κ1) is 9.06. The number of carbonyl (C=O) groups is 1. The molecule has 3 nitrogen and oxygen atoms in total. The van der Waals surface area contributed by atoms with Crippen LogP contribution in [0.1, 0.15) is 6.92 Å². The highest BCUT2D eigenvalue weighted by Crippen LogP contribution is 2.21. The smallest absolute Gasteiger partial charge is 0.230 e. The second-order valence-corrected chi connectivity index (χ2v) is 3.76. The number of primary amides is 1. The van der Waals surface area contributed by atoms with Gasteiger partial charge in [0.2, 0.25) is 5.91 Å². The van der Waals surface area contributed by atoms with Gasteiger partial charge in [0, 0.05) is 17.3 Å². The van der Waals surface area contributed by atoms with Crippen molar-refractivity contribution in [2.45, 2.75) is 17.1 Å². The highest BCUT2D eigenvalue weighted by Gasteiger charge is 2.09. The van der Waals surface area contributed by atoms with Crippen molar-refractivity contribution < 1.29 is 4.79 Å². The fourth-order valence-corrected chi connectivity index (χ4v) is 1.48. The third-order valence-electron chi connectivity index (χ3n) is 1.36. The fourth-order valence-electron chi connectivity index (χ4n) is 0.679. The molecule has 0 saturated carbocycles. The largest absolute Gasteiger partial charge is 0.369 e. The van der Waals surface area contributed by atoms with Crippen LogP contribution in [0.4, 0.5) is 0 Å². The average Bonchev–Trinajstić information content (AvgIpc) is 2.06. The highest BCUT2D eigenvalue weighted by molar-refractivity contribution is 8.00. The standard InChI is InChI=1S/C8H10N2OS/c1-6(8(9)11)12-7-2-4-10-5-3-7/h2-6H,1H3,(H2,9,11). The van der Waals surface area contributed by atoms with Crippen LogP contribution in [0.2, 0.25) is 0 Å². The van der Waals surface area contributed by atoms with Crippen LogP contribution in [-0.2, 0) is 4.79 Å². The molecule has 64 valence electrons. The van der Waals surface area contributed by atoms with Gasteiger partial charge >= 0.3 is 0 Å². The minimum absolute atomic E-state index is 0.188. The predicted molar refractivity (Wildman–Crippen MR) is 48.8 cm³/mol. The number of hydrogen-bond donors (Lipinski definition) is 1. The lowest BCUT2D eigenvalue weighted by atomic mass is 10.5. The summed E-state index contributed by atoms with van der Waals surface area (Å²) >= 11 is 1.44. The molecule has 2 N–H and O–H groups in total. The Morgan fingerprint density at radius 1 is 1.58 bits per heavy atom. The molecule has 0 radical (unpaired) electrons. The molecule has 0 fully saturated rings. The Morgan fingerprint density at radius 3 is 2.67 bits per heavy atom. The Bertz CT molecular complexity index is 263. The van der Waals surface area contributed by atoms with Crippen molar-refractivity contribution in [1.82, 2.24) is 4.98 Å². The highest BCUT2D eigenvalue weighted by atomic mass is 32.2. The minimum Gasteiger partial charge on any atom is -0.369 e. The Hall–Kier alpha value is -1.03. The lowest BCUT2D eigenvalue weighted by Crippen LogP contribution is -2.22. The van der Waals surface area contributed by atoms with E-state index in [-0.39, 0.29) is 11.2 Å². The molecule has 1 aromatic heterocycles. The number of nitrogens with zero attached hydrogens (tertiary/aromatic N) is 1. The molecule has 1 heterocycles. The number of pyridine rings is 1. The molecule has 0 aliphatic carbocycles. The van der Waals surface area contributed by atoms with Crippen LogP contribution in [0.5, 0.6) is 0 Å². The van der Waals surface area contributed by atoms with Crippen LogP contribution < -0.4 is 5.73 Å². The summed E-state index contributed by atoms with van der Waals surface area (Å²) in [6, 6.07) is 3.70. The van der Waals surface area contributed by atoms with Gasteiger partial charge in [-0.1, -0.05) is 0 Å². The zero-order chi connectivity index (χ0) is 8.97. The molecule has 1 aromatic rings. The van der Waals surface area contributed by atoms with Crippen molar-refractivity contribution in [2.75, 3.05) is 0 Å². The van der Waals surface area contributed by atoms with Crippen molar-refractivity contribution in [3.8, 4) is 0 Å². The number of nitrogens with two attached hydrogens (primary N) is 1. The zero-order valence-electron chi connectivity index (χ0n) is 6.73. The van der Waals surface area contributed by atoms with E-state index < -0.39 is 0 Å². The average molecular weight is 182 g/mol. The van der Waals surface area contributed by atoms with Crippen LogP contribution in [0.15, 0.2) is 29.4 Å². The van der Waals surface area contributed by atoms with E-state index in [1.54, 1.807) is 19.3 Å². The molecule has 12 heavy (non-hydrogen) atoms. The summed E-state index contributed by atoms with van der Waals surface area (Å²) in [6.45, 7) is 1.79. The molecule has 0 aromatic carbocycles. The molecule has 0 saturated heterocycles. The van der Waals surface area contributed by atoms with Crippen LogP contribution in [0, 0.1) is 0 Å². The lowest BCUT2D eigenvalue weighted by molar-refractivity contribution is -0.117. The van der Waals surface area contributed by atoms with E-state index in [4.69, 9.17) is 5.73 Å². The van der Waals surface area contributed by atoms with E-state index in [1.165, 1.54) is 11.8 Å². The molecule has 0 bridgehead atoms. The van der Waals surface area contributed by atoms with Gasteiger partial charge < -0.3 is 5.73 Å². The normalized spacial score (nSPS) is 12.4. The van der Waals surface area contributed by atoms with Crippen LogP contribution in [-0.4, -0.2) is 16.1 Å². The number of hydrogen-bond acceptors (Lipinski definition) is 3. The Morgan fingerprint density at radius 2 is 2.17 bits per heavy atom. The van der Waals surface area contributed by atoms with Crippen molar-refractivity contribution in [3.63, 3.8) is 0 Å². The minimum atomic E-state index is -0.295. The molecule has 0 aliphatic rings. The van der Waals surface area contributed by atoms with Gasteiger partial charge in [0.25, 0.3) is 0 Å². The van der Waals surface area contributed by atoms with E-state index in [1.807, 2.05) is 12.1 Å². The number of amides is 1. The number of rotatable bonds is 3. The maximum Gasteiger partial charge on any atom is 0.230 e. The summed E-state index contributed by atoms with van der Waals surface area (Å²) in [5, 5.41) is -0.188. The van der Waals surface area contributed by atoms with Gasteiger partial charge in [0.15, 0.2) is 0 Å². The van der Waals surface area contributed by atoms with E-state index in [2.05, 4.69) is 4.98 Å². The van der Waals surface area contributed by atoms with E-state index in [0.717, 1.165) is 4.90 Å². The van der Waals surface area contributed by atoms with Crippen LogP contribution in [0.3, 0.4) is 0 Å². The fraction of sp³-hybridized carbons (Fsp3) is 0.250. The van der Waals surface area contributed by atoms with Gasteiger partial charge in [-0.15, -0.1) is 11.8 Å². The topological polar surface area (TPSA) is 56.0 Å². The quantitative estimate of drug-likeness (QED) is 0.711. The van der Waals surface area contributed by atoms with Crippen LogP contribution >= 0.6 is 11.8 Å². The maximum atomic E-state index is 10.7. The van der Waals surface area contributed by atoms with Crippen molar-refractivity contribution in [3.05, 3.63) is 24.5 Å². The van der Waals surface area contributed by atoms with Gasteiger partial charge in [-0.05, 0) is 19.1 Å². The van der Waals surface area contributed by atoms with Crippen molar-refractivity contribution in [2.24, 2.45) is 5.73 Å². The van der Waals surface area contributed by atoms with E-state index in [0.29, 0.717) is 0 Å². The second kappa shape index (κ2) is 4.11. The van der Waals surface area contributed by atoms with Gasteiger partial charge in [-0.25, -0.2) is 0 Å². The summed E-state index contributed by atoms with van der Waals surface area (Å²) in [5.74, 6) is -0.295. The van der Waals surface area contributed by atoms with Gasteiger partial charge in [0.1, 0.15) is 0 Å². The second-order valence-electron chi connectivity index (χ2n) is 2.35. The molecule has 1 atom stereocenters. The zero-order valence-corrected chi connectivity index (χ0v) is 7.54. The summed E-state index contributed by atoms with van der Waals surface area (Å²) < 4.78 is 0. The molecule has 1 amide bonds. The molecule has 4 heteroatoms. The van der Waals surface area contributed by atoms with Crippen molar-refractivity contribution in [1.29, 1.82) is 0 Å². The van der Waals surface area contributed by atoms with Crippen molar-refractivity contribution >= 4 is 17.7 Å². The SMILES string of the molecule is CC(Sc1ccncc1)C(N)=O. The lowest BCUT2D eigenvalue weighted by Gasteiger charge is -2.05. The summed E-state index contributed by atoms with van der Waals surface area (Å²) in [5.41, 5.74) is 5.11. The molecular formula is C8H10N2OS. The van der Waals surface area contributed by atoms with E-state index >= 15 is 0 Å². The maximum absolute atomic E-state index is 10.7. The summed E-state index contributed by atoms with van der Waals surface area (Å²) in [7, 11) is 0. The summed E-state index contributed by atoms with van der Waals surface area (Å²) in [4.78, 5) is 15.6. The number of carbonyl (C=O) groups excluding carboxylic acids is 1. The van der Waals surface area contributed by atoms with Gasteiger partial charge in [-0.2, -0.15) is 0 Å². The molecular weight excluding hydrogens is 172 g/mol. The van der Waals surface area contributed by atoms with Gasteiger partial charge in [-0.3, -0.25) is 9.78 Å². The molecule has 1 rings (SSSR count). The third kappa shape index (κ3) is 2.54. The Balaban J connectivity index is 2.58. The molecule has 0 spiro atoms. The Labute approximate surface area is 75.4 Å². The Kier molecular flexibility index (Phi) is 3.10. The summed E-state index contributed by atoms with van der Waals surface area (Å²) in [6.07, 6.45) is 3.38. The van der Waals surface area contributed by atoms with Gasteiger partial charge in [0.05, 0.1) is 5.25 Å². The van der Waals surface area contributed by atoms with Crippen LogP contribution in [0.25, 0.3) is 0 Å². The monoisotopic (exact) mass is 182 g/mol. The predicted octanol–water partition coefficient (Wildman–Crippen LogP) is 1.05. The first-order valence-corrected chi connectivity index (χ1v) is 4.44. The first-order chi connectivity index (χ1) is 5.70. The first-order valence-electron chi connectivity index (χ1n) is 3.56. The number of aromatic nitrogens is 1. The molecule has 1 unspecified atom stereocenters. The number of thioether (sulfide) groups is 1. The third-order valence-corrected chi connectivity index (χ3v) is 2.49. The molecule has 0 aliphatic heterocycles.